The van der Waals surface area contributed by atoms with E-state index in [1.165, 1.54) is 16.5 Å². The van der Waals surface area contributed by atoms with Gasteiger partial charge in [-0.3, -0.25) is 4.79 Å². The number of hydrogen-bond donors (Lipinski definition) is 2. The van der Waals surface area contributed by atoms with Gasteiger partial charge < -0.3 is 15.6 Å². The van der Waals surface area contributed by atoms with Crippen LogP contribution < -0.4 is 11.1 Å². The van der Waals surface area contributed by atoms with Crippen LogP contribution in [0.4, 0.5) is 0 Å². The summed E-state index contributed by atoms with van der Waals surface area (Å²) in [5, 5.41) is 3.88. The highest BCUT2D eigenvalue weighted by Crippen LogP contribution is 2.21. The van der Waals surface area contributed by atoms with E-state index in [2.05, 4.69) is 28.2 Å². The predicted octanol–water partition coefficient (Wildman–Crippen LogP) is 1.28. The number of hydrogen-bond acceptors (Lipinski definition) is 2. The number of nitrogens with two attached hydrogens (primary N) is 1. The first-order valence-corrected chi connectivity index (χ1v) is 6.23. The van der Waals surface area contributed by atoms with Crippen LogP contribution in [0.25, 0.3) is 10.9 Å². The van der Waals surface area contributed by atoms with Gasteiger partial charge in [-0.25, -0.2) is 0 Å². The van der Waals surface area contributed by atoms with Crippen LogP contribution >= 0.6 is 0 Å². The maximum atomic E-state index is 11.3. The Kier molecular flexibility index (Phi) is 3.99. The fourth-order valence-corrected chi connectivity index (χ4v) is 2.21. The summed E-state index contributed by atoms with van der Waals surface area (Å²) in [5.41, 5.74) is 8.06. The Morgan fingerprint density at radius 2 is 2.17 bits per heavy atom. The summed E-state index contributed by atoms with van der Waals surface area (Å²) in [6.07, 6.45) is 3.48. The summed E-state index contributed by atoms with van der Waals surface area (Å²) >= 11 is 0. The van der Waals surface area contributed by atoms with Gasteiger partial charge in [0.15, 0.2) is 0 Å². The van der Waals surface area contributed by atoms with Gasteiger partial charge in [-0.1, -0.05) is 18.2 Å². The van der Waals surface area contributed by atoms with E-state index in [1.807, 2.05) is 12.1 Å². The number of carbonyl (C=O) groups is 1. The fourth-order valence-electron chi connectivity index (χ4n) is 2.21. The summed E-state index contributed by atoms with van der Waals surface area (Å²) < 4.78 is 2.13. The van der Waals surface area contributed by atoms with Crippen LogP contribution in [0.1, 0.15) is 12.0 Å². The highest BCUT2D eigenvalue weighted by molar-refractivity contribution is 5.84. The average Bonchev–Trinajstić information content (AvgIpc) is 2.75. The van der Waals surface area contributed by atoms with Gasteiger partial charge >= 0.3 is 0 Å². The largest absolute Gasteiger partial charge is 0.359 e. The minimum absolute atomic E-state index is 0.0631. The number of rotatable bonds is 5. The van der Waals surface area contributed by atoms with Crippen LogP contribution in [0.15, 0.2) is 30.5 Å². The molecule has 0 spiro atoms. The molecule has 3 N–H and O–H groups in total. The Labute approximate surface area is 107 Å². The highest BCUT2D eigenvalue weighted by atomic mass is 16.1. The second-order valence-electron chi connectivity index (χ2n) is 4.33. The molecule has 2 aromatic rings. The number of aromatic nitrogens is 1. The monoisotopic (exact) mass is 245 g/mol. The molecule has 0 unspecified atom stereocenters. The van der Waals surface area contributed by atoms with Crippen molar-refractivity contribution in [2.45, 2.75) is 19.4 Å². The molecule has 0 atom stereocenters. The number of carbonyl (C=O) groups excluding carboxylic acids is 1. The second kappa shape index (κ2) is 5.69. The zero-order chi connectivity index (χ0) is 13.0. The Morgan fingerprint density at radius 1 is 1.39 bits per heavy atom. The zero-order valence-corrected chi connectivity index (χ0v) is 10.6. The van der Waals surface area contributed by atoms with Crippen molar-refractivity contribution >= 4 is 16.8 Å². The van der Waals surface area contributed by atoms with Gasteiger partial charge in [-0.2, -0.15) is 0 Å². The molecule has 0 saturated heterocycles. The predicted molar refractivity (Wildman–Crippen MR) is 73.4 cm³/mol. The van der Waals surface area contributed by atoms with E-state index in [9.17, 15) is 4.79 Å². The molecule has 0 radical (unpaired) electrons. The average molecular weight is 245 g/mol. The van der Waals surface area contributed by atoms with E-state index in [0.717, 1.165) is 6.42 Å². The molecule has 1 aromatic carbocycles. The van der Waals surface area contributed by atoms with E-state index < -0.39 is 0 Å². The smallest absolute Gasteiger partial charge is 0.221 e. The maximum Gasteiger partial charge on any atom is 0.221 e. The molecule has 0 aliphatic heterocycles. The normalized spacial score (nSPS) is 10.8. The van der Waals surface area contributed by atoms with Crippen LogP contribution in [0, 0.1) is 0 Å². The Bertz CT molecular complexity index is 545. The van der Waals surface area contributed by atoms with Crippen LogP contribution in [-0.2, 0) is 17.8 Å². The molecule has 1 aromatic heterocycles. The number of amides is 1. The lowest BCUT2D eigenvalue weighted by atomic mass is 10.1. The minimum Gasteiger partial charge on any atom is -0.359 e. The molecule has 0 aliphatic rings. The number of benzene rings is 1. The minimum atomic E-state index is 0.0631. The van der Waals surface area contributed by atoms with E-state index in [4.69, 9.17) is 5.73 Å². The van der Waals surface area contributed by atoms with Gasteiger partial charge in [-0.15, -0.1) is 0 Å². The van der Waals surface area contributed by atoms with Crippen LogP contribution in [0.5, 0.6) is 0 Å². The third-order valence-corrected chi connectivity index (χ3v) is 3.14. The first kappa shape index (κ1) is 12.6. The van der Waals surface area contributed by atoms with E-state index >= 15 is 0 Å². The molecule has 0 aliphatic carbocycles. The van der Waals surface area contributed by atoms with Gasteiger partial charge in [0, 0.05) is 37.1 Å². The number of nitrogens with one attached hydrogen (secondary N) is 1. The molecule has 4 heteroatoms. The van der Waals surface area contributed by atoms with Crippen molar-refractivity contribution in [1.82, 2.24) is 9.88 Å². The Morgan fingerprint density at radius 3 is 2.89 bits per heavy atom. The lowest BCUT2D eigenvalue weighted by Gasteiger charge is -2.04. The quantitative estimate of drug-likeness (QED) is 0.833. The van der Waals surface area contributed by atoms with Gasteiger partial charge in [0.1, 0.15) is 0 Å². The summed E-state index contributed by atoms with van der Waals surface area (Å²) in [7, 11) is 1.66. The molecule has 4 nitrogen and oxygen atoms in total. The van der Waals surface area contributed by atoms with Crippen molar-refractivity contribution in [3.63, 3.8) is 0 Å². The Balaban J connectivity index is 2.29. The molecule has 0 fully saturated rings. The Hall–Kier alpha value is -1.81. The first-order valence-electron chi connectivity index (χ1n) is 6.23. The summed E-state index contributed by atoms with van der Waals surface area (Å²) in [4.78, 5) is 11.3. The fraction of sp³-hybridized carbons (Fsp3) is 0.357. The molecule has 96 valence electrons. The van der Waals surface area contributed by atoms with Crippen molar-refractivity contribution in [1.29, 1.82) is 0 Å². The van der Waals surface area contributed by atoms with Crippen LogP contribution in [0.2, 0.25) is 0 Å². The molecular formula is C14H19N3O. The van der Waals surface area contributed by atoms with Crippen LogP contribution in [-0.4, -0.2) is 24.1 Å². The topological polar surface area (TPSA) is 60.0 Å². The van der Waals surface area contributed by atoms with E-state index in [1.54, 1.807) is 7.05 Å². The number of para-hydroxylation sites is 1. The zero-order valence-electron chi connectivity index (χ0n) is 10.6. The van der Waals surface area contributed by atoms with Crippen molar-refractivity contribution in [2.75, 3.05) is 13.6 Å². The van der Waals surface area contributed by atoms with Crippen molar-refractivity contribution in [3.05, 3.63) is 36.0 Å². The third kappa shape index (κ3) is 2.54. The van der Waals surface area contributed by atoms with Gasteiger partial charge in [0.05, 0.1) is 0 Å². The lowest BCUT2D eigenvalue weighted by molar-refractivity contribution is -0.120. The summed E-state index contributed by atoms with van der Waals surface area (Å²) in [6.45, 7) is 1.34. The number of fused-ring (bicyclic) bond motifs is 1. The van der Waals surface area contributed by atoms with Gasteiger partial charge in [-0.05, 0) is 24.6 Å². The summed E-state index contributed by atoms with van der Waals surface area (Å²) in [5.74, 6) is 0.0631. The standard InChI is InChI=1S/C14H19N3O/c1-16-14(18)7-9-17-10-11(6-8-15)12-4-2-3-5-13(12)17/h2-5,10H,6-9,15H2,1H3,(H,16,18). The van der Waals surface area contributed by atoms with Gasteiger partial charge in [0.2, 0.25) is 5.91 Å². The second-order valence-corrected chi connectivity index (χ2v) is 4.33. The van der Waals surface area contributed by atoms with Crippen molar-refractivity contribution in [3.8, 4) is 0 Å². The van der Waals surface area contributed by atoms with Crippen molar-refractivity contribution in [2.24, 2.45) is 5.73 Å². The molecule has 0 saturated carbocycles. The molecule has 2 rings (SSSR count). The van der Waals surface area contributed by atoms with Crippen molar-refractivity contribution < 1.29 is 4.79 Å². The molecule has 1 amide bonds. The highest BCUT2D eigenvalue weighted by Gasteiger charge is 2.08. The molecule has 1 heterocycles. The first-order chi connectivity index (χ1) is 8.76. The summed E-state index contributed by atoms with van der Waals surface area (Å²) in [6, 6.07) is 8.24. The molecule has 18 heavy (non-hydrogen) atoms. The van der Waals surface area contributed by atoms with E-state index in [0.29, 0.717) is 19.5 Å². The molecule has 0 bridgehead atoms. The maximum absolute atomic E-state index is 11.3. The van der Waals surface area contributed by atoms with Gasteiger partial charge in [0.25, 0.3) is 0 Å². The molecular weight excluding hydrogens is 226 g/mol. The third-order valence-electron chi connectivity index (χ3n) is 3.14. The van der Waals surface area contributed by atoms with Crippen LogP contribution in [0.3, 0.4) is 0 Å². The SMILES string of the molecule is CNC(=O)CCn1cc(CCN)c2ccccc21. The number of nitrogens with zero attached hydrogens (tertiary/aromatic N) is 1. The lowest BCUT2D eigenvalue weighted by Crippen LogP contribution is -2.19. The number of aryl methyl sites for hydroxylation is 1. The van der Waals surface area contributed by atoms with E-state index in [-0.39, 0.29) is 5.91 Å².